The monoisotopic (exact) mass is 295 g/mol. The van der Waals surface area contributed by atoms with Gasteiger partial charge in [-0.2, -0.15) is 0 Å². The molecular formula is C16H19F2NO2. The van der Waals surface area contributed by atoms with E-state index >= 15 is 0 Å². The van der Waals surface area contributed by atoms with Crippen LogP contribution in [0.4, 0.5) is 8.78 Å². The SMILES string of the molecule is O=C(CC1=CCCCC1)NCC(O)c1c(F)cccc1F. The Morgan fingerprint density at radius 2 is 2.00 bits per heavy atom. The highest BCUT2D eigenvalue weighted by molar-refractivity contribution is 5.78. The average molecular weight is 295 g/mol. The molecule has 0 fully saturated rings. The molecule has 5 heteroatoms. The molecular weight excluding hydrogens is 276 g/mol. The van der Waals surface area contributed by atoms with Gasteiger partial charge in [0.2, 0.25) is 5.91 Å². The maximum absolute atomic E-state index is 13.5. The number of nitrogens with one attached hydrogen (secondary N) is 1. The average Bonchev–Trinajstić information content (AvgIpc) is 2.46. The van der Waals surface area contributed by atoms with Crippen LogP contribution < -0.4 is 5.32 Å². The molecule has 0 aliphatic heterocycles. The number of amides is 1. The molecule has 0 radical (unpaired) electrons. The van der Waals surface area contributed by atoms with E-state index in [9.17, 15) is 18.7 Å². The minimum absolute atomic E-state index is 0.204. The third-order valence-corrected chi connectivity index (χ3v) is 3.60. The summed E-state index contributed by atoms with van der Waals surface area (Å²) >= 11 is 0. The fourth-order valence-corrected chi connectivity index (χ4v) is 2.48. The minimum Gasteiger partial charge on any atom is -0.386 e. The number of hydrogen-bond donors (Lipinski definition) is 2. The number of carbonyl (C=O) groups excluding carboxylic acids is 1. The Bertz CT molecular complexity index is 523. The Kier molecular flexibility index (Phi) is 5.44. The van der Waals surface area contributed by atoms with Crippen molar-refractivity contribution in [3.8, 4) is 0 Å². The Labute approximate surface area is 122 Å². The molecule has 0 heterocycles. The topological polar surface area (TPSA) is 49.3 Å². The van der Waals surface area contributed by atoms with E-state index in [2.05, 4.69) is 11.4 Å². The summed E-state index contributed by atoms with van der Waals surface area (Å²) in [6, 6.07) is 3.39. The summed E-state index contributed by atoms with van der Waals surface area (Å²) in [5, 5.41) is 12.3. The lowest BCUT2D eigenvalue weighted by molar-refractivity contribution is -0.121. The highest BCUT2D eigenvalue weighted by Gasteiger charge is 2.18. The number of carbonyl (C=O) groups is 1. The lowest BCUT2D eigenvalue weighted by Gasteiger charge is -2.15. The largest absolute Gasteiger partial charge is 0.386 e. The van der Waals surface area contributed by atoms with E-state index < -0.39 is 23.3 Å². The first kappa shape index (κ1) is 15.6. The van der Waals surface area contributed by atoms with Crippen molar-refractivity contribution in [2.24, 2.45) is 0 Å². The van der Waals surface area contributed by atoms with Crippen molar-refractivity contribution >= 4 is 5.91 Å². The first-order chi connectivity index (χ1) is 10.1. The molecule has 2 N–H and O–H groups in total. The van der Waals surface area contributed by atoms with Gasteiger partial charge in [-0.3, -0.25) is 4.79 Å². The van der Waals surface area contributed by atoms with E-state index in [-0.39, 0.29) is 18.9 Å². The number of hydrogen-bond acceptors (Lipinski definition) is 2. The zero-order valence-electron chi connectivity index (χ0n) is 11.7. The second-order valence-electron chi connectivity index (χ2n) is 5.24. The van der Waals surface area contributed by atoms with Crippen molar-refractivity contribution in [3.05, 3.63) is 47.0 Å². The molecule has 1 aliphatic carbocycles. The van der Waals surface area contributed by atoms with Crippen LogP contribution in [-0.4, -0.2) is 17.6 Å². The lowest BCUT2D eigenvalue weighted by atomic mass is 9.97. The second-order valence-corrected chi connectivity index (χ2v) is 5.24. The van der Waals surface area contributed by atoms with Crippen LogP contribution in [0.5, 0.6) is 0 Å². The van der Waals surface area contributed by atoms with Gasteiger partial charge in [0, 0.05) is 13.0 Å². The number of aliphatic hydroxyl groups excluding tert-OH is 1. The van der Waals surface area contributed by atoms with Crippen LogP contribution in [0.3, 0.4) is 0 Å². The fraction of sp³-hybridized carbons (Fsp3) is 0.438. The van der Waals surface area contributed by atoms with Crippen molar-refractivity contribution in [2.45, 2.75) is 38.2 Å². The number of rotatable bonds is 5. The Balaban J connectivity index is 1.87. The van der Waals surface area contributed by atoms with Crippen LogP contribution in [0.25, 0.3) is 0 Å². The van der Waals surface area contributed by atoms with Crippen molar-refractivity contribution < 1.29 is 18.7 Å². The number of allylic oxidation sites excluding steroid dienone is 1. The van der Waals surface area contributed by atoms with Gasteiger partial charge in [0.05, 0.1) is 5.56 Å². The molecule has 1 aromatic carbocycles. The van der Waals surface area contributed by atoms with Gasteiger partial charge in [0.25, 0.3) is 0 Å². The third kappa shape index (κ3) is 4.36. The van der Waals surface area contributed by atoms with E-state index in [0.717, 1.165) is 43.4 Å². The zero-order valence-corrected chi connectivity index (χ0v) is 11.7. The molecule has 0 bridgehead atoms. The first-order valence-corrected chi connectivity index (χ1v) is 7.14. The molecule has 0 spiro atoms. The first-order valence-electron chi connectivity index (χ1n) is 7.14. The normalized spacial score (nSPS) is 16.2. The molecule has 3 nitrogen and oxygen atoms in total. The summed E-state index contributed by atoms with van der Waals surface area (Å²) in [5.41, 5.74) is 0.681. The molecule has 21 heavy (non-hydrogen) atoms. The van der Waals surface area contributed by atoms with E-state index in [0.29, 0.717) is 0 Å². The molecule has 114 valence electrons. The zero-order chi connectivity index (χ0) is 15.2. The molecule has 1 aliphatic rings. The smallest absolute Gasteiger partial charge is 0.224 e. The number of benzene rings is 1. The van der Waals surface area contributed by atoms with E-state index in [1.807, 2.05) is 0 Å². The van der Waals surface area contributed by atoms with Gasteiger partial charge in [0.1, 0.15) is 17.7 Å². The summed E-state index contributed by atoms with van der Waals surface area (Å²) in [4.78, 5) is 11.8. The molecule has 1 aromatic rings. The Hall–Kier alpha value is -1.75. The van der Waals surface area contributed by atoms with E-state index in [1.165, 1.54) is 6.07 Å². The van der Waals surface area contributed by atoms with Crippen molar-refractivity contribution in [3.63, 3.8) is 0 Å². The molecule has 1 atom stereocenters. The molecule has 0 saturated heterocycles. The summed E-state index contributed by atoms with van der Waals surface area (Å²) in [6.07, 6.45) is 5.10. The Morgan fingerprint density at radius 3 is 2.62 bits per heavy atom. The quantitative estimate of drug-likeness (QED) is 0.820. The van der Waals surface area contributed by atoms with Gasteiger partial charge >= 0.3 is 0 Å². The Morgan fingerprint density at radius 1 is 1.29 bits per heavy atom. The standard InChI is InChI=1S/C16H19F2NO2/c17-12-7-4-8-13(18)16(12)14(20)10-19-15(21)9-11-5-2-1-3-6-11/h4-5,7-8,14,20H,1-3,6,9-10H2,(H,19,21). The highest BCUT2D eigenvalue weighted by atomic mass is 19.1. The van der Waals surface area contributed by atoms with Crippen molar-refractivity contribution in [1.82, 2.24) is 5.32 Å². The van der Waals surface area contributed by atoms with E-state index in [1.54, 1.807) is 0 Å². The van der Waals surface area contributed by atoms with Crippen LogP contribution in [-0.2, 0) is 4.79 Å². The summed E-state index contributed by atoms with van der Waals surface area (Å²) in [5.74, 6) is -1.86. The minimum atomic E-state index is -1.39. The fourth-order valence-electron chi connectivity index (χ4n) is 2.48. The van der Waals surface area contributed by atoms with Crippen LogP contribution in [0.1, 0.15) is 43.8 Å². The van der Waals surface area contributed by atoms with Gasteiger partial charge in [-0.25, -0.2) is 8.78 Å². The van der Waals surface area contributed by atoms with Crippen molar-refractivity contribution in [1.29, 1.82) is 0 Å². The molecule has 1 unspecified atom stereocenters. The molecule has 1 amide bonds. The van der Waals surface area contributed by atoms with Crippen molar-refractivity contribution in [2.75, 3.05) is 6.54 Å². The summed E-state index contributed by atoms with van der Waals surface area (Å²) in [6.45, 7) is -0.204. The van der Waals surface area contributed by atoms with Gasteiger partial charge in [0.15, 0.2) is 0 Å². The second kappa shape index (κ2) is 7.31. The molecule has 0 aromatic heterocycles. The van der Waals surface area contributed by atoms with Crippen LogP contribution in [0, 0.1) is 11.6 Å². The molecule has 2 rings (SSSR count). The summed E-state index contributed by atoms with van der Waals surface area (Å²) < 4.78 is 27.0. The summed E-state index contributed by atoms with van der Waals surface area (Å²) in [7, 11) is 0. The third-order valence-electron chi connectivity index (χ3n) is 3.60. The predicted molar refractivity (Wildman–Crippen MR) is 75.5 cm³/mol. The van der Waals surface area contributed by atoms with Gasteiger partial charge in [-0.15, -0.1) is 0 Å². The van der Waals surface area contributed by atoms with Crippen LogP contribution >= 0.6 is 0 Å². The van der Waals surface area contributed by atoms with Crippen LogP contribution in [0.15, 0.2) is 29.8 Å². The maximum atomic E-state index is 13.5. The lowest BCUT2D eigenvalue weighted by Crippen LogP contribution is -2.29. The van der Waals surface area contributed by atoms with Gasteiger partial charge < -0.3 is 10.4 Å². The van der Waals surface area contributed by atoms with Gasteiger partial charge in [-0.05, 0) is 37.8 Å². The number of aliphatic hydroxyl groups is 1. The van der Waals surface area contributed by atoms with Crippen LogP contribution in [0.2, 0.25) is 0 Å². The number of halogens is 2. The molecule has 0 saturated carbocycles. The maximum Gasteiger partial charge on any atom is 0.224 e. The highest BCUT2D eigenvalue weighted by Crippen LogP contribution is 2.21. The van der Waals surface area contributed by atoms with Gasteiger partial charge in [-0.1, -0.05) is 17.7 Å². The predicted octanol–water partition coefficient (Wildman–Crippen LogP) is 3.00. The van der Waals surface area contributed by atoms with E-state index in [4.69, 9.17) is 0 Å².